The molecule has 0 saturated heterocycles. The van der Waals surface area contributed by atoms with E-state index < -0.39 is 4.75 Å². The van der Waals surface area contributed by atoms with Gasteiger partial charge in [0, 0.05) is 28.5 Å². The molecule has 1 heterocycles. The molecule has 0 aliphatic heterocycles. The maximum atomic E-state index is 9.16. The van der Waals surface area contributed by atoms with E-state index in [-0.39, 0.29) is 0 Å². The smallest absolute Gasteiger partial charge is 0.137 e. The zero-order chi connectivity index (χ0) is 17.4. The molecule has 0 atom stereocenters. The molecule has 1 aromatic carbocycles. The van der Waals surface area contributed by atoms with Crippen molar-refractivity contribution in [3.8, 4) is 6.07 Å². The minimum Gasteiger partial charge on any atom is -0.264 e. The Morgan fingerprint density at radius 3 is 2.67 bits per heavy atom. The first kappa shape index (κ1) is 18.5. The summed E-state index contributed by atoms with van der Waals surface area (Å²) in [6.07, 6.45) is 5.06. The Bertz CT molecular complexity index is 765. The minimum absolute atomic E-state index is 0.523. The number of aromatic nitrogens is 1. The number of rotatable bonds is 5. The van der Waals surface area contributed by atoms with Gasteiger partial charge >= 0.3 is 0 Å². The predicted molar refractivity (Wildman–Crippen MR) is 105 cm³/mol. The van der Waals surface area contributed by atoms with E-state index >= 15 is 0 Å². The Morgan fingerprint density at radius 1 is 1.29 bits per heavy atom. The summed E-state index contributed by atoms with van der Waals surface area (Å²) in [6, 6.07) is 13.4. The molecular weight excluding hydrogens is 360 g/mol. The molecule has 0 aliphatic carbocycles. The summed E-state index contributed by atoms with van der Waals surface area (Å²) in [4.78, 5) is 4.03. The van der Waals surface area contributed by atoms with E-state index in [0.29, 0.717) is 10.1 Å². The van der Waals surface area contributed by atoms with Crippen LogP contribution in [0.5, 0.6) is 0 Å². The van der Waals surface area contributed by atoms with Crippen molar-refractivity contribution in [1.82, 2.24) is 4.98 Å². The molecule has 122 valence electrons. The number of hydrogen-bond acceptors (Lipinski definition) is 6. The SMILES string of the molecule is CC(C)(C#N)SSC(=NN=Cc1cccnc1)c1ccc(Cl)cc1. The highest BCUT2D eigenvalue weighted by Gasteiger charge is 2.20. The molecule has 0 fully saturated rings. The lowest BCUT2D eigenvalue weighted by Crippen LogP contribution is -2.09. The van der Waals surface area contributed by atoms with E-state index in [0.717, 1.165) is 11.1 Å². The second-order valence-corrected chi connectivity index (χ2v) is 8.41. The molecule has 0 bridgehead atoms. The van der Waals surface area contributed by atoms with Crippen LogP contribution in [-0.4, -0.2) is 21.0 Å². The van der Waals surface area contributed by atoms with Crippen LogP contribution in [0.1, 0.15) is 25.0 Å². The van der Waals surface area contributed by atoms with Crippen molar-refractivity contribution in [3.05, 3.63) is 64.9 Å². The van der Waals surface area contributed by atoms with E-state index in [4.69, 9.17) is 16.9 Å². The molecule has 0 aliphatic rings. The van der Waals surface area contributed by atoms with Crippen LogP contribution < -0.4 is 0 Å². The van der Waals surface area contributed by atoms with Gasteiger partial charge in [-0.2, -0.15) is 10.4 Å². The molecule has 24 heavy (non-hydrogen) atoms. The summed E-state index contributed by atoms with van der Waals surface area (Å²) in [5.41, 5.74) is 1.76. The standard InChI is InChI=1S/C17H15ClN4S2/c1-17(2,12-19)24-23-16(14-5-7-15(18)8-6-14)22-21-11-13-4-3-9-20-10-13/h3-11H,1-2H3. The van der Waals surface area contributed by atoms with Crippen LogP contribution in [0.4, 0.5) is 0 Å². The Labute approximate surface area is 154 Å². The Morgan fingerprint density at radius 2 is 2.04 bits per heavy atom. The van der Waals surface area contributed by atoms with Crippen molar-refractivity contribution < 1.29 is 0 Å². The first-order chi connectivity index (χ1) is 11.5. The first-order valence-corrected chi connectivity index (χ1v) is 9.57. The quantitative estimate of drug-likeness (QED) is 0.312. The zero-order valence-electron chi connectivity index (χ0n) is 13.2. The lowest BCUT2D eigenvalue weighted by atomic mass is 10.2. The highest BCUT2D eigenvalue weighted by atomic mass is 35.5. The van der Waals surface area contributed by atoms with Crippen LogP contribution in [0.25, 0.3) is 0 Å². The average molecular weight is 375 g/mol. The van der Waals surface area contributed by atoms with Crippen LogP contribution in [0.3, 0.4) is 0 Å². The predicted octanol–water partition coefficient (Wildman–Crippen LogP) is 5.20. The van der Waals surface area contributed by atoms with E-state index in [1.54, 1.807) is 30.7 Å². The monoisotopic (exact) mass is 374 g/mol. The van der Waals surface area contributed by atoms with Crippen molar-refractivity contribution in [2.45, 2.75) is 18.6 Å². The van der Waals surface area contributed by atoms with Crippen molar-refractivity contribution in [2.75, 3.05) is 0 Å². The number of hydrogen-bond donors (Lipinski definition) is 0. The van der Waals surface area contributed by atoms with E-state index in [1.807, 2.05) is 38.1 Å². The maximum Gasteiger partial charge on any atom is 0.137 e. The maximum absolute atomic E-state index is 9.16. The normalized spacial score (nSPS) is 12.3. The fraction of sp³-hybridized carbons (Fsp3) is 0.176. The van der Waals surface area contributed by atoms with Crippen molar-refractivity contribution in [3.63, 3.8) is 0 Å². The third kappa shape index (κ3) is 6.00. The first-order valence-electron chi connectivity index (χ1n) is 7.04. The van der Waals surface area contributed by atoms with Gasteiger partial charge in [-0.15, -0.1) is 5.10 Å². The molecule has 0 saturated carbocycles. The second kappa shape index (κ2) is 8.88. The van der Waals surface area contributed by atoms with Crippen LogP contribution in [0, 0.1) is 11.3 Å². The number of halogens is 1. The molecule has 1 aromatic heterocycles. The summed E-state index contributed by atoms with van der Waals surface area (Å²) in [6.45, 7) is 3.73. The van der Waals surface area contributed by atoms with Gasteiger partial charge < -0.3 is 0 Å². The van der Waals surface area contributed by atoms with Gasteiger partial charge in [0.2, 0.25) is 0 Å². The fourth-order valence-corrected chi connectivity index (χ4v) is 3.60. The Kier molecular flexibility index (Phi) is 6.85. The average Bonchev–Trinajstić information content (AvgIpc) is 2.60. The van der Waals surface area contributed by atoms with Crippen LogP contribution in [-0.2, 0) is 0 Å². The Balaban J connectivity index is 2.21. The number of benzene rings is 1. The summed E-state index contributed by atoms with van der Waals surface area (Å²) in [5.74, 6) is 0. The third-order valence-corrected chi connectivity index (χ3v) is 6.02. The van der Waals surface area contributed by atoms with Crippen molar-refractivity contribution >= 4 is 44.4 Å². The lowest BCUT2D eigenvalue weighted by Gasteiger charge is -2.13. The topological polar surface area (TPSA) is 61.4 Å². The minimum atomic E-state index is -0.523. The molecule has 0 unspecified atom stereocenters. The summed E-state index contributed by atoms with van der Waals surface area (Å²) in [7, 11) is 2.86. The fourth-order valence-electron chi connectivity index (χ4n) is 1.48. The molecular formula is C17H15ClN4S2. The summed E-state index contributed by atoms with van der Waals surface area (Å²) in [5, 5.41) is 19.0. The third-order valence-electron chi connectivity index (χ3n) is 2.73. The molecule has 0 spiro atoms. The molecule has 2 aromatic rings. The van der Waals surface area contributed by atoms with Gasteiger partial charge in [0.15, 0.2) is 0 Å². The molecule has 7 heteroatoms. The molecule has 4 nitrogen and oxygen atoms in total. The zero-order valence-corrected chi connectivity index (χ0v) is 15.6. The highest BCUT2D eigenvalue weighted by molar-refractivity contribution is 8.82. The van der Waals surface area contributed by atoms with Gasteiger partial charge in [0.1, 0.15) is 9.79 Å². The number of pyridine rings is 1. The van der Waals surface area contributed by atoms with Gasteiger partial charge in [-0.1, -0.05) is 40.6 Å². The summed E-state index contributed by atoms with van der Waals surface area (Å²) < 4.78 is -0.523. The lowest BCUT2D eigenvalue weighted by molar-refractivity contribution is 0.922. The van der Waals surface area contributed by atoms with Gasteiger partial charge in [0.05, 0.1) is 12.3 Å². The van der Waals surface area contributed by atoms with E-state index in [2.05, 4.69) is 21.3 Å². The molecule has 0 radical (unpaired) electrons. The van der Waals surface area contributed by atoms with Crippen LogP contribution in [0.2, 0.25) is 5.02 Å². The second-order valence-electron chi connectivity index (χ2n) is 5.23. The number of nitrogens with zero attached hydrogens (tertiary/aromatic N) is 4. The van der Waals surface area contributed by atoms with Gasteiger partial charge in [-0.25, -0.2) is 0 Å². The molecule has 0 amide bonds. The number of nitriles is 1. The summed E-state index contributed by atoms with van der Waals surface area (Å²) >= 11 is 5.94. The van der Waals surface area contributed by atoms with Crippen molar-refractivity contribution in [2.24, 2.45) is 10.2 Å². The van der Waals surface area contributed by atoms with E-state index in [9.17, 15) is 0 Å². The van der Waals surface area contributed by atoms with Gasteiger partial charge in [0.25, 0.3) is 0 Å². The largest absolute Gasteiger partial charge is 0.264 e. The van der Waals surface area contributed by atoms with Gasteiger partial charge in [-0.05, 0) is 42.8 Å². The van der Waals surface area contributed by atoms with Crippen LogP contribution >= 0.6 is 33.2 Å². The van der Waals surface area contributed by atoms with Gasteiger partial charge in [-0.3, -0.25) is 4.98 Å². The van der Waals surface area contributed by atoms with E-state index in [1.165, 1.54) is 21.6 Å². The van der Waals surface area contributed by atoms with Crippen LogP contribution in [0.15, 0.2) is 59.0 Å². The molecule has 0 N–H and O–H groups in total. The highest BCUT2D eigenvalue weighted by Crippen LogP contribution is 2.37. The Hall–Kier alpha value is -1.81. The van der Waals surface area contributed by atoms with Crippen molar-refractivity contribution in [1.29, 1.82) is 5.26 Å². The molecule has 2 rings (SSSR count).